The van der Waals surface area contributed by atoms with Crippen LogP contribution in [0.25, 0.3) is 0 Å². The van der Waals surface area contributed by atoms with Gasteiger partial charge in [0.2, 0.25) is 0 Å². The van der Waals surface area contributed by atoms with Gasteiger partial charge in [-0.1, -0.05) is 18.2 Å². The molecule has 2 rings (SSSR count). The van der Waals surface area contributed by atoms with Crippen LogP contribution >= 0.6 is 0 Å². The highest BCUT2D eigenvalue weighted by Crippen LogP contribution is 2.28. The Labute approximate surface area is 88.5 Å². The fourth-order valence-electron chi connectivity index (χ4n) is 2.13. The number of halogens is 2. The van der Waals surface area contributed by atoms with Crippen LogP contribution in [0.3, 0.4) is 0 Å². The molecule has 1 aromatic rings. The second kappa shape index (κ2) is 4.71. The quantitative estimate of drug-likeness (QED) is 0.793. The Bertz CT molecular complexity index is 327. The SMILES string of the molecule is FCC1CCNC(c2ccccc2F)C1. The van der Waals surface area contributed by atoms with E-state index in [0.29, 0.717) is 12.0 Å². The van der Waals surface area contributed by atoms with Crippen LogP contribution in [0.2, 0.25) is 0 Å². The third-order valence-corrected chi connectivity index (χ3v) is 3.01. The van der Waals surface area contributed by atoms with Crippen LogP contribution in [0.15, 0.2) is 24.3 Å². The number of benzene rings is 1. The Hall–Kier alpha value is -0.960. The fourth-order valence-corrected chi connectivity index (χ4v) is 2.13. The highest BCUT2D eigenvalue weighted by molar-refractivity contribution is 5.21. The van der Waals surface area contributed by atoms with Crippen LogP contribution in [-0.4, -0.2) is 13.2 Å². The summed E-state index contributed by atoms with van der Waals surface area (Å²) in [5.41, 5.74) is 0.663. The molecule has 0 aliphatic carbocycles. The van der Waals surface area contributed by atoms with Crippen molar-refractivity contribution in [2.24, 2.45) is 5.92 Å². The molecular formula is C12H15F2N. The van der Waals surface area contributed by atoms with E-state index < -0.39 is 0 Å². The molecule has 2 unspecified atom stereocenters. The predicted octanol–water partition coefficient (Wildman–Crippen LogP) is 2.84. The van der Waals surface area contributed by atoms with E-state index in [0.717, 1.165) is 13.0 Å². The first-order chi connectivity index (χ1) is 7.31. The molecule has 15 heavy (non-hydrogen) atoms. The summed E-state index contributed by atoms with van der Waals surface area (Å²) in [4.78, 5) is 0. The topological polar surface area (TPSA) is 12.0 Å². The van der Waals surface area contributed by atoms with Crippen molar-refractivity contribution < 1.29 is 8.78 Å². The van der Waals surface area contributed by atoms with Gasteiger partial charge in [-0.25, -0.2) is 4.39 Å². The molecule has 1 fully saturated rings. The third kappa shape index (κ3) is 2.34. The van der Waals surface area contributed by atoms with Gasteiger partial charge in [0.15, 0.2) is 0 Å². The van der Waals surface area contributed by atoms with Gasteiger partial charge in [0, 0.05) is 11.6 Å². The highest BCUT2D eigenvalue weighted by Gasteiger charge is 2.24. The summed E-state index contributed by atoms with van der Waals surface area (Å²) in [5.74, 6) is -0.120. The van der Waals surface area contributed by atoms with Crippen LogP contribution in [-0.2, 0) is 0 Å². The molecule has 1 heterocycles. The summed E-state index contributed by atoms with van der Waals surface area (Å²) in [7, 11) is 0. The number of nitrogens with one attached hydrogen (secondary N) is 1. The van der Waals surface area contributed by atoms with E-state index in [1.54, 1.807) is 12.1 Å². The normalized spacial score (nSPS) is 26.5. The lowest BCUT2D eigenvalue weighted by Crippen LogP contribution is -2.33. The van der Waals surface area contributed by atoms with Gasteiger partial charge < -0.3 is 5.32 Å². The largest absolute Gasteiger partial charge is 0.310 e. The van der Waals surface area contributed by atoms with E-state index >= 15 is 0 Å². The maximum Gasteiger partial charge on any atom is 0.127 e. The van der Waals surface area contributed by atoms with Crippen molar-refractivity contribution in [1.82, 2.24) is 5.32 Å². The lowest BCUT2D eigenvalue weighted by Gasteiger charge is -2.29. The number of piperidine rings is 1. The zero-order chi connectivity index (χ0) is 10.7. The summed E-state index contributed by atoms with van der Waals surface area (Å²) < 4.78 is 26.0. The summed E-state index contributed by atoms with van der Waals surface area (Å²) in [6.07, 6.45) is 1.54. The maximum absolute atomic E-state index is 13.5. The van der Waals surface area contributed by atoms with Crippen molar-refractivity contribution in [1.29, 1.82) is 0 Å². The fraction of sp³-hybridized carbons (Fsp3) is 0.500. The average molecular weight is 211 g/mol. The Morgan fingerprint density at radius 1 is 1.33 bits per heavy atom. The first kappa shape index (κ1) is 10.6. The maximum atomic E-state index is 13.5. The zero-order valence-corrected chi connectivity index (χ0v) is 8.55. The zero-order valence-electron chi connectivity index (χ0n) is 8.55. The number of alkyl halides is 1. The molecule has 1 nitrogen and oxygen atoms in total. The molecule has 3 heteroatoms. The first-order valence-electron chi connectivity index (χ1n) is 5.35. The molecule has 0 radical (unpaired) electrons. The molecule has 0 saturated carbocycles. The average Bonchev–Trinajstić information content (AvgIpc) is 2.30. The van der Waals surface area contributed by atoms with Crippen LogP contribution in [0.1, 0.15) is 24.4 Å². The Kier molecular flexibility index (Phi) is 3.31. The minimum Gasteiger partial charge on any atom is -0.310 e. The van der Waals surface area contributed by atoms with Gasteiger partial charge in [-0.2, -0.15) is 0 Å². The molecular weight excluding hydrogens is 196 g/mol. The Morgan fingerprint density at radius 3 is 2.87 bits per heavy atom. The van der Waals surface area contributed by atoms with E-state index in [4.69, 9.17) is 0 Å². The van der Waals surface area contributed by atoms with Gasteiger partial charge in [-0.05, 0) is 31.4 Å². The van der Waals surface area contributed by atoms with E-state index in [1.807, 2.05) is 6.07 Å². The lowest BCUT2D eigenvalue weighted by atomic mass is 9.89. The molecule has 0 bridgehead atoms. The van der Waals surface area contributed by atoms with E-state index in [2.05, 4.69) is 5.32 Å². The molecule has 1 N–H and O–H groups in total. The molecule has 0 spiro atoms. The molecule has 1 aliphatic heterocycles. The van der Waals surface area contributed by atoms with Crippen LogP contribution < -0.4 is 5.32 Å². The van der Waals surface area contributed by atoms with Crippen molar-refractivity contribution in [3.05, 3.63) is 35.6 Å². The molecule has 82 valence electrons. The summed E-state index contributed by atoms with van der Waals surface area (Å²) in [6.45, 7) is 0.472. The van der Waals surface area contributed by atoms with Gasteiger partial charge >= 0.3 is 0 Å². The third-order valence-electron chi connectivity index (χ3n) is 3.01. The standard InChI is InChI=1S/C12H15F2N/c13-8-9-5-6-15-12(7-9)10-3-1-2-4-11(10)14/h1-4,9,12,15H,5-8H2. The number of rotatable bonds is 2. The summed E-state index contributed by atoms with van der Waals surface area (Å²) in [6, 6.07) is 6.69. The molecule has 1 saturated heterocycles. The summed E-state index contributed by atoms with van der Waals surface area (Å²) in [5, 5.41) is 3.23. The molecule has 1 aliphatic rings. The molecule has 0 aromatic heterocycles. The number of hydrogen-bond acceptors (Lipinski definition) is 1. The lowest BCUT2D eigenvalue weighted by molar-refractivity contribution is 0.248. The van der Waals surface area contributed by atoms with E-state index in [-0.39, 0.29) is 24.5 Å². The van der Waals surface area contributed by atoms with Crippen molar-refractivity contribution in [2.45, 2.75) is 18.9 Å². The Morgan fingerprint density at radius 2 is 2.13 bits per heavy atom. The second-order valence-electron chi connectivity index (χ2n) is 4.07. The monoisotopic (exact) mass is 211 g/mol. The van der Waals surface area contributed by atoms with Crippen molar-refractivity contribution >= 4 is 0 Å². The molecule has 0 amide bonds. The van der Waals surface area contributed by atoms with E-state index in [9.17, 15) is 8.78 Å². The minimum atomic E-state index is -0.299. The minimum absolute atomic E-state index is 0.0271. The van der Waals surface area contributed by atoms with Crippen LogP contribution in [0.4, 0.5) is 8.78 Å². The van der Waals surface area contributed by atoms with Crippen molar-refractivity contribution in [3.63, 3.8) is 0 Å². The van der Waals surface area contributed by atoms with Crippen molar-refractivity contribution in [2.75, 3.05) is 13.2 Å². The first-order valence-corrected chi connectivity index (χ1v) is 5.35. The smallest absolute Gasteiger partial charge is 0.127 e. The van der Waals surface area contributed by atoms with Gasteiger partial charge in [0.1, 0.15) is 5.82 Å². The Balaban J connectivity index is 2.13. The highest BCUT2D eigenvalue weighted by atomic mass is 19.1. The molecule has 1 aromatic carbocycles. The predicted molar refractivity (Wildman–Crippen MR) is 55.8 cm³/mol. The van der Waals surface area contributed by atoms with E-state index in [1.165, 1.54) is 6.07 Å². The molecule has 2 atom stereocenters. The van der Waals surface area contributed by atoms with Gasteiger partial charge in [0.05, 0.1) is 6.67 Å². The van der Waals surface area contributed by atoms with Crippen molar-refractivity contribution in [3.8, 4) is 0 Å². The van der Waals surface area contributed by atoms with Gasteiger partial charge in [-0.15, -0.1) is 0 Å². The van der Waals surface area contributed by atoms with Crippen LogP contribution in [0.5, 0.6) is 0 Å². The van der Waals surface area contributed by atoms with Crippen LogP contribution in [0, 0.1) is 11.7 Å². The number of hydrogen-bond donors (Lipinski definition) is 1. The second-order valence-corrected chi connectivity index (χ2v) is 4.07. The van der Waals surface area contributed by atoms with Gasteiger partial charge in [0.25, 0.3) is 0 Å². The summed E-state index contributed by atoms with van der Waals surface area (Å²) >= 11 is 0. The van der Waals surface area contributed by atoms with Gasteiger partial charge in [-0.3, -0.25) is 4.39 Å².